The molecule has 2 unspecified atom stereocenters. The van der Waals surface area contributed by atoms with Gasteiger partial charge < -0.3 is 5.11 Å². The predicted molar refractivity (Wildman–Crippen MR) is 79.8 cm³/mol. The second-order valence-corrected chi connectivity index (χ2v) is 7.53. The van der Waals surface area contributed by atoms with Crippen molar-refractivity contribution in [1.82, 2.24) is 4.31 Å². The Balaban J connectivity index is 2.11. The number of rotatable bonds is 4. The van der Waals surface area contributed by atoms with E-state index in [1.807, 2.05) is 6.07 Å². The molecule has 1 fully saturated rings. The highest BCUT2D eigenvalue weighted by atomic mass is 32.2. The van der Waals surface area contributed by atoms with Crippen LogP contribution in [0.1, 0.15) is 36.8 Å². The van der Waals surface area contributed by atoms with E-state index in [0.717, 1.165) is 12.8 Å². The molecule has 1 saturated carbocycles. The molecular formula is C15H20N2O3S. The lowest BCUT2D eigenvalue weighted by atomic mass is 9.93. The van der Waals surface area contributed by atoms with Crippen LogP contribution in [0, 0.1) is 11.3 Å². The summed E-state index contributed by atoms with van der Waals surface area (Å²) in [4.78, 5) is 0. The van der Waals surface area contributed by atoms with Crippen molar-refractivity contribution in [2.75, 3.05) is 7.05 Å². The number of benzene rings is 1. The minimum absolute atomic E-state index is 0.113. The second kappa shape index (κ2) is 6.56. The van der Waals surface area contributed by atoms with E-state index in [4.69, 9.17) is 5.26 Å². The molecule has 0 aromatic heterocycles. The number of likely N-dealkylation sites (N-methyl/N-ethyl adjacent to an activating group) is 1. The molecule has 6 heteroatoms. The lowest BCUT2D eigenvalue weighted by molar-refractivity contribution is 0.0637. The third-order valence-corrected chi connectivity index (χ3v) is 5.88. The van der Waals surface area contributed by atoms with Crippen LogP contribution in [0.5, 0.6) is 0 Å². The van der Waals surface area contributed by atoms with E-state index in [2.05, 4.69) is 0 Å². The van der Waals surface area contributed by atoms with Crippen molar-refractivity contribution in [3.8, 4) is 6.07 Å². The highest BCUT2D eigenvalue weighted by Gasteiger charge is 2.33. The van der Waals surface area contributed by atoms with Crippen molar-refractivity contribution in [3.63, 3.8) is 0 Å². The molecule has 1 aliphatic carbocycles. The SMILES string of the molecule is CN(C1CCCCC1O)S(=O)(=O)Cc1ccc(C#N)cc1. The predicted octanol–water partition coefficient (Wildman–Crippen LogP) is 1.62. The fourth-order valence-electron chi connectivity index (χ4n) is 2.71. The summed E-state index contributed by atoms with van der Waals surface area (Å²) in [6.45, 7) is 0. The fourth-order valence-corrected chi connectivity index (χ4v) is 4.19. The topological polar surface area (TPSA) is 81.4 Å². The van der Waals surface area contributed by atoms with E-state index < -0.39 is 16.1 Å². The molecule has 0 bridgehead atoms. The summed E-state index contributed by atoms with van der Waals surface area (Å²) in [5, 5.41) is 18.7. The summed E-state index contributed by atoms with van der Waals surface area (Å²) in [6.07, 6.45) is 2.66. The monoisotopic (exact) mass is 308 g/mol. The Labute approximate surface area is 125 Å². The number of aliphatic hydroxyl groups excluding tert-OH is 1. The zero-order valence-electron chi connectivity index (χ0n) is 12.1. The third-order valence-electron chi connectivity index (χ3n) is 4.03. The van der Waals surface area contributed by atoms with E-state index in [1.165, 1.54) is 11.4 Å². The number of hydrogen-bond donors (Lipinski definition) is 1. The highest BCUT2D eigenvalue weighted by molar-refractivity contribution is 7.88. The van der Waals surface area contributed by atoms with Gasteiger partial charge in [-0.1, -0.05) is 25.0 Å². The van der Waals surface area contributed by atoms with Gasteiger partial charge in [0.1, 0.15) is 0 Å². The molecule has 2 atom stereocenters. The molecule has 0 heterocycles. The van der Waals surface area contributed by atoms with E-state index in [0.29, 0.717) is 24.0 Å². The van der Waals surface area contributed by atoms with Gasteiger partial charge in [-0.15, -0.1) is 0 Å². The third kappa shape index (κ3) is 3.82. The smallest absolute Gasteiger partial charge is 0.218 e. The molecule has 0 aliphatic heterocycles. The van der Waals surface area contributed by atoms with Crippen molar-refractivity contribution in [3.05, 3.63) is 35.4 Å². The lowest BCUT2D eigenvalue weighted by Gasteiger charge is -2.34. The highest BCUT2D eigenvalue weighted by Crippen LogP contribution is 2.25. The molecule has 21 heavy (non-hydrogen) atoms. The number of nitriles is 1. The average molecular weight is 308 g/mol. The van der Waals surface area contributed by atoms with Gasteiger partial charge in [0.2, 0.25) is 10.0 Å². The molecule has 1 aromatic rings. The molecule has 5 nitrogen and oxygen atoms in total. The molecule has 0 saturated heterocycles. The normalized spacial score (nSPS) is 23.0. The van der Waals surface area contributed by atoms with Gasteiger partial charge in [-0.3, -0.25) is 0 Å². The van der Waals surface area contributed by atoms with Crippen LogP contribution in [-0.4, -0.2) is 37.0 Å². The van der Waals surface area contributed by atoms with Gasteiger partial charge in [0.05, 0.1) is 29.5 Å². The molecule has 1 N–H and O–H groups in total. The Hall–Kier alpha value is -1.42. The minimum Gasteiger partial charge on any atom is -0.391 e. The Morgan fingerprint density at radius 3 is 2.48 bits per heavy atom. The van der Waals surface area contributed by atoms with Crippen LogP contribution in [-0.2, 0) is 15.8 Å². The zero-order chi connectivity index (χ0) is 15.5. The van der Waals surface area contributed by atoms with Crippen molar-refractivity contribution in [1.29, 1.82) is 5.26 Å². The second-order valence-electron chi connectivity index (χ2n) is 5.50. The Kier molecular flexibility index (Phi) is 4.99. The molecule has 1 aromatic carbocycles. The van der Waals surface area contributed by atoms with Crippen LogP contribution in [0.4, 0.5) is 0 Å². The maximum atomic E-state index is 12.4. The van der Waals surface area contributed by atoms with Gasteiger partial charge in [0.25, 0.3) is 0 Å². The molecule has 0 spiro atoms. The van der Waals surface area contributed by atoms with Gasteiger partial charge in [0, 0.05) is 7.05 Å². The van der Waals surface area contributed by atoms with Crippen LogP contribution in [0.3, 0.4) is 0 Å². The van der Waals surface area contributed by atoms with E-state index in [1.54, 1.807) is 24.3 Å². The first-order valence-electron chi connectivity index (χ1n) is 7.07. The van der Waals surface area contributed by atoms with Gasteiger partial charge in [-0.05, 0) is 30.5 Å². The minimum atomic E-state index is -3.48. The number of nitrogens with zero attached hydrogens (tertiary/aromatic N) is 2. The van der Waals surface area contributed by atoms with Crippen molar-refractivity contribution in [2.45, 2.75) is 43.6 Å². The summed E-state index contributed by atoms with van der Waals surface area (Å²) < 4.78 is 26.2. The lowest BCUT2D eigenvalue weighted by Crippen LogP contribution is -2.46. The summed E-state index contributed by atoms with van der Waals surface area (Å²) in [5.41, 5.74) is 1.15. The molecule has 0 amide bonds. The summed E-state index contributed by atoms with van der Waals surface area (Å²) in [5.74, 6) is -0.113. The Bertz CT molecular complexity index is 619. The Morgan fingerprint density at radius 2 is 1.90 bits per heavy atom. The zero-order valence-corrected chi connectivity index (χ0v) is 12.9. The van der Waals surface area contributed by atoms with E-state index in [-0.39, 0.29) is 11.8 Å². The average Bonchev–Trinajstić information content (AvgIpc) is 2.47. The van der Waals surface area contributed by atoms with Crippen LogP contribution >= 0.6 is 0 Å². The first kappa shape index (κ1) is 16.0. The molecule has 114 valence electrons. The van der Waals surface area contributed by atoms with Crippen LogP contribution < -0.4 is 0 Å². The molecule has 0 radical (unpaired) electrons. The first-order valence-corrected chi connectivity index (χ1v) is 8.68. The van der Waals surface area contributed by atoms with E-state index >= 15 is 0 Å². The van der Waals surface area contributed by atoms with Gasteiger partial charge in [0.15, 0.2) is 0 Å². The van der Waals surface area contributed by atoms with Crippen LogP contribution in [0.15, 0.2) is 24.3 Å². The number of aliphatic hydroxyl groups is 1. The van der Waals surface area contributed by atoms with Crippen LogP contribution in [0.2, 0.25) is 0 Å². The Morgan fingerprint density at radius 1 is 1.29 bits per heavy atom. The first-order chi connectivity index (χ1) is 9.94. The fraction of sp³-hybridized carbons (Fsp3) is 0.533. The molecular weight excluding hydrogens is 288 g/mol. The quantitative estimate of drug-likeness (QED) is 0.916. The van der Waals surface area contributed by atoms with E-state index in [9.17, 15) is 13.5 Å². The largest absolute Gasteiger partial charge is 0.391 e. The van der Waals surface area contributed by atoms with Gasteiger partial charge >= 0.3 is 0 Å². The summed E-state index contributed by atoms with van der Waals surface area (Å²) in [6, 6.07) is 8.20. The maximum Gasteiger partial charge on any atom is 0.218 e. The van der Waals surface area contributed by atoms with Crippen molar-refractivity contribution < 1.29 is 13.5 Å². The number of sulfonamides is 1. The summed E-state index contributed by atoms with van der Waals surface area (Å²) in [7, 11) is -1.94. The summed E-state index contributed by atoms with van der Waals surface area (Å²) >= 11 is 0. The maximum absolute atomic E-state index is 12.4. The van der Waals surface area contributed by atoms with Gasteiger partial charge in [-0.2, -0.15) is 9.57 Å². The van der Waals surface area contributed by atoms with Crippen molar-refractivity contribution in [2.24, 2.45) is 0 Å². The molecule has 1 aliphatic rings. The van der Waals surface area contributed by atoms with Crippen molar-refractivity contribution >= 4 is 10.0 Å². The van der Waals surface area contributed by atoms with Gasteiger partial charge in [-0.25, -0.2) is 8.42 Å². The number of hydrogen-bond acceptors (Lipinski definition) is 4. The molecule has 2 rings (SSSR count). The van der Waals surface area contributed by atoms with Crippen LogP contribution in [0.25, 0.3) is 0 Å². The standard InChI is InChI=1S/C15H20N2O3S/c1-17(14-4-2-3-5-15(14)18)21(19,20)11-13-8-6-12(10-16)7-9-13/h6-9,14-15,18H,2-5,11H2,1H3.